The molecule has 2 aromatic rings. The monoisotopic (exact) mass is 247 g/mol. The molecular formula is C12H9NO3S. The van der Waals surface area contributed by atoms with Crippen molar-refractivity contribution in [3.05, 3.63) is 33.5 Å². The van der Waals surface area contributed by atoms with E-state index in [0.29, 0.717) is 5.58 Å². The van der Waals surface area contributed by atoms with Gasteiger partial charge in [-0.25, -0.2) is 9.59 Å². The summed E-state index contributed by atoms with van der Waals surface area (Å²) in [6.45, 7) is 0. The minimum atomic E-state index is -0.414. The van der Waals surface area contributed by atoms with Gasteiger partial charge in [-0.05, 0) is 37.0 Å². The van der Waals surface area contributed by atoms with Crippen LogP contribution in [0.3, 0.4) is 0 Å². The number of nitrogens with zero attached hydrogens (tertiary/aromatic N) is 1. The highest BCUT2D eigenvalue weighted by Crippen LogP contribution is 2.45. The first-order chi connectivity index (χ1) is 8.23. The van der Waals surface area contributed by atoms with E-state index in [4.69, 9.17) is 4.42 Å². The Morgan fingerprint density at radius 2 is 2.24 bits per heavy atom. The maximum Gasteiger partial charge on any atom is 0.396 e. The molecule has 0 unspecified atom stereocenters. The second-order valence-electron chi connectivity index (χ2n) is 4.20. The fourth-order valence-corrected chi connectivity index (χ4v) is 2.93. The number of isocyanates is 1. The molecule has 0 aliphatic heterocycles. The van der Waals surface area contributed by atoms with Crippen molar-refractivity contribution < 1.29 is 9.21 Å². The number of rotatable bonds is 2. The second-order valence-corrected chi connectivity index (χ2v) is 5.18. The zero-order valence-corrected chi connectivity index (χ0v) is 9.75. The Morgan fingerprint density at radius 3 is 2.88 bits per heavy atom. The molecule has 86 valence electrons. The molecular weight excluding hydrogens is 238 g/mol. The van der Waals surface area contributed by atoms with E-state index in [2.05, 4.69) is 4.99 Å². The van der Waals surface area contributed by atoms with Gasteiger partial charge in [0.15, 0.2) is 0 Å². The van der Waals surface area contributed by atoms with Crippen LogP contribution in [-0.2, 0) is 10.3 Å². The van der Waals surface area contributed by atoms with Crippen LogP contribution < -0.4 is 4.94 Å². The third-order valence-electron chi connectivity index (χ3n) is 3.31. The van der Waals surface area contributed by atoms with Crippen molar-refractivity contribution in [2.45, 2.75) is 24.8 Å². The zero-order chi connectivity index (χ0) is 11.9. The van der Waals surface area contributed by atoms with E-state index >= 15 is 0 Å². The largest absolute Gasteiger partial charge is 0.414 e. The average Bonchev–Trinajstić information content (AvgIpc) is 2.62. The summed E-state index contributed by atoms with van der Waals surface area (Å²) in [7, 11) is 0. The number of aliphatic imine (C=N–C) groups is 1. The SMILES string of the molecule is O=C=NC1(c2ccc3oc(=O)sc3c2)CCC1. The predicted octanol–water partition coefficient (Wildman–Crippen LogP) is 2.57. The van der Waals surface area contributed by atoms with Gasteiger partial charge in [-0.15, -0.1) is 0 Å². The van der Waals surface area contributed by atoms with Gasteiger partial charge in [-0.3, -0.25) is 0 Å². The number of fused-ring (bicyclic) bond motifs is 1. The van der Waals surface area contributed by atoms with E-state index in [-0.39, 0.29) is 4.94 Å². The molecule has 0 N–H and O–H groups in total. The maximum absolute atomic E-state index is 11.1. The Bertz CT molecular complexity index is 674. The van der Waals surface area contributed by atoms with Gasteiger partial charge in [0.1, 0.15) is 5.58 Å². The highest BCUT2D eigenvalue weighted by Gasteiger charge is 2.39. The first-order valence-electron chi connectivity index (χ1n) is 5.37. The van der Waals surface area contributed by atoms with Crippen molar-refractivity contribution >= 4 is 27.7 Å². The van der Waals surface area contributed by atoms with Crippen molar-refractivity contribution in [1.29, 1.82) is 0 Å². The van der Waals surface area contributed by atoms with Crippen molar-refractivity contribution in [3.8, 4) is 0 Å². The Kier molecular flexibility index (Phi) is 2.24. The summed E-state index contributed by atoms with van der Waals surface area (Å²) in [5.41, 5.74) is 1.15. The second kappa shape index (κ2) is 3.65. The van der Waals surface area contributed by atoms with E-state index in [1.54, 1.807) is 12.1 Å². The highest BCUT2D eigenvalue weighted by atomic mass is 32.1. The predicted molar refractivity (Wildman–Crippen MR) is 64.0 cm³/mol. The third-order valence-corrected chi connectivity index (χ3v) is 4.10. The Balaban J connectivity index is 2.16. The molecule has 0 amide bonds. The smallest absolute Gasteiger partial charge is 0.396 e. The van der Waals surface area contributed by atoms with Crippen LogP contribution in [0.1, 0.15) is 24.8 Å². The lowest BCUT2D eigenvalue weighted by Crippen LogP contribution is -2.31. The first kappa shape index (κ1) is 10.4. The quantitative estimate of drug-likeness (QED) is 0.605. The number of benzene rings is 1. The van der Waals surface area contributed by atoms with Crippen LogP contribution in [0.2, 0.25) is 0 Å². The molecule has 5 heteroatoms. The van der Waals surface area contributed by atoms with Gasteiger partial charge in [-0.1, -0.05) is 17.4 Å². The molecule has 1 aromatic carbocycles. The van der Waals surface area contributed by atoms with Gasteiger partial charge in [0.2, 0.25) is 6.08 Å². The molecule has 0 saturated heterocycles. The summed E-state index contributed by atoms with van der Waals surface area (Å²) >= 11 is 1.07. The highest BCUT2D eigenvalue weighted by molar-refractivity contribution is 7.16. The van der Waals surface area contributed by atoms with Crippen LogP contribution in [0.5, 0.6) is 0 Å². The number of hydrogen-bond donors (Lipinski definition) is 0. The molecule has 0 bridgehead atoms. The Hall–Kier alpha value is -1.71. The molecule has 17 heavy (non-hydrogen) atoms. The van der Waals surface area contributed by atoms with Gasteiger partial charge in [-0.2, -0.15) is 4.99 Å². The van der Waals surface area contributed by atoms with E-state index in [9.17, 15) is 9.59 Å². The molecule has 0 spiro atoms. The Morgan fingerprint density at radius 1 is 1.41 bits per heavy atom. The van der Waals surface area contributed by atoms with Crippen LogP contribution in [0.4, 0.5) is 0 Å². The van der Waals surface area contributed by atoms with Crippen LogP contribution >= 0.6 is 11.3 Å². The van der Waals surface area contributed by atoms with E-state index in [0.717, 1.165) is 40.9 Å². The van der Waals surface area contributed by atoms with E-state index in [1.165, 1.54) is 0 Å². The molecule has 4 nitrogen and oxygen atoms in total. The standard InChI is InChI=1S/C12H9NO3S/c14-7-13-12(4-1-5-12)8-2-3-9-10(6-8)17-11(15)16-9/h2-3,6H,1,4-5H2. The lowest BCUT2D eigenvalue weighted by molar-refractivity contribution is 0.256. The van der Waals surface area contributed by atoms with Gasteiger partial charge >= 0.3 is 4.94 Å². The minimum Gasteiger partial charge on any atom is -0.414 e. The van der Waals surface area contributed by atoms with E-state index < -0.39 is 5.54 Å². The Labute approximate surface area is 101 Å². The van der Waals surface area contributed by atoms with Crippen molar-refractivity contribution in [2.24, 2.45) is 4.99 Å². The molecule has 1 aromatic heterocycles. The molecule has 1 heterocycles. The molecule has 3 rings (SSSR count). The van der Waals surface area contributed by atoms with Crippen molar-refractivity contribution in [2.75, 3.05) is 0 Å². The minimum absolute atomic E-state index is 0.307. The summed E-state index contributed by atoms with van der Waals surface area (Å²) in [6, 6.07) is 5.53. The summed E-state index contributed by atoms with van der Waals surface area (Å²) in [6.07, 6.45) is 4.44. The fourth-order valence-electron chi connectivity index (χ4n) is 2.23. The third kappa shape index (κ3) is 1.55. The van der Waals surface area contributed by atoms with Crippen molar-refractivity contribution in [1.82, 2.24) is 0 Å². The summed E-state index contributed by atoms with van der Waals surface area (Å²) in [4.78, 5) is 25.3. The topological polar surface area (TPSA) is 59.6 Å². The van der Waals surface area contributed by atoms with Crippen LogP contribution in [0, 0.1) is 0 Å². The molecule has 0 atom stereocenters. The molecule has 1 fully saturated rings. The summed E-state index contributed by atoms with van der Waals surface area (Å²) in [5.74, 6) is 0. The first-order valence-corrected chi connectivity index (χ1v) is 6.18. The van der Waals surface area contributed by atoms with Gasteiger partial charge < -0.3 is 4.42 Å². The van der Waals surface area contributed by atoms with Crippen LogP contribution in [0.15, 0.2) is 32.4 Å². The number of carbonyl (C=O) groups excluding carboxylic acids is 1. The number of hydrogen-bond acceptors (Lipinski definition) is 5. The van der Waals surface area contributed by atoms with Crippen LogP contribution in [-0.4, -0.2) is 6.08 Å². The fraction of sp³-hybridized carbons (Fsp3) is 0.333. The van der Waals surface area contributed by atoms with Gasteiger partial charge in [0.05, 0.1) is 10.2 Å². The van der Waals surface area contributed by atoms with Crippen LogP contribution in [0.25, 0.3) is 10.3 Å². The molecule has 1 saturated carbocycles. The van der Waals surface area contributed by atoms with Crippen molar-refractivity contribution in [3.63, 3.8) is 0 Å². The maximum atomic E-state index is 11.1. The normalized spacial score (nSPS) is 17.4. The zero-order valence-electron chi connectivity index (χ0n) is 8.93. The van der Waals surface area contributed by atoms with E-state index in [1.807, 2.05) is 12.1 Å². The molecule has 1 aliphatic rings. The van der Waals surface area contributed by atoms with Gasteiger partial charge in [0.25, 0.3) is 0 Å². The molecule has 0 radical (unpaired) electrons. The van der Waals surface area contributed by atoms with Gasteiger partial charge in [0, 0.05) is 0 Å². The average molecular weight is 247 g/mol. The lowest BCUT2D eigenvalue weighted by atomic mass is 9.72. The summed E-state index contributed by atoms with van der Waals surface area (Å²) in [5, 5.41) is 0. The summed E-state index contributed by atoms with van der Waals surface area (Å²) < 4.78 is 5.81. The molecule has 1 aliphatic carbocycles. The lowest BCUT2D eigenvalue weighted by Gasteiger charge is -2.37.